The molecule has 1 aromatic carbocycles. The summed E-state index contributed by atoms with van der Waals surface area (Å²) in [5.74, 6) is 0. The van der Waals surface area contributed by atoms with Crippen LogP contribution in [0.15, 0.2) is 30.0 Å². The van der Waals surface area contributed by atoms with Crippen molar-refractivity contribution < 1.29 is 4.74 Å². The second-order valence-electron chi connectivity index (χ2n) is 4.45. The highest BCUT2D eigenvalue weighted by Crippen LogP contribution is 2.29. The van der Waals surface area contributed by atoms with Gasteiger partial charge in [-0.05, 0) is 49.0 Å². The summed E-state index contributed by atoms with van der Waals surface area (Å²) in [6.07, 6.45) is 3.97. The average Bonchev–Trinajstić information content (AvgIpc) is 2.30. The number of aryl methyl sites for hydroxylation is 2. The first-order valence-electron chi connectivity index (χ1n) is 5.82. The number of nitrogens with two attached hydrogens (primary N) is 1. The Morgan fingerprint density at radius 1 is 1.25 bits per heavy atom. The molecule has 0 spiro atoms. The van der Waals surface area contributed by atoms with E-state index >= 15 is 0 Å². The van der Waals surface area contributed by atoms with Crippen LogP contribution in [0.4, 0.5) is 0 Å². The number of benzene rings is 1. The Labute approximate surface area is 97.1 Å². The predicted molar refractivity (Wildman–Crippen MR) is 66.1 cm³/mol. The summed E-state index contributed by atoms with van der Waals surface area (Å²) in [6, 6.07) is 6.30. The molecule has 2 heteroatoms. The molecule has 1 unspecified atom stereocenters. The first kappa shape index (κ1) is 11.2. The van der Waals surface area contributed by atoms with Gasteiger partial charge in [-0.3, -0.25) is 0 Å². The first-order valence-corrected chi connectivity index (χ1v) is 5.82. The molecular formula is C14H19NO. The van der Waals surface area contributed by atoms with E-state index in [0.717, 1.165) is 19.4 Å². The molecule has 2 rings (SSSR count). The summed E-state index contributed by atoms with van der Waals surface area (Å²) in [4.78, 5) is 0. The number of hydrogen-bond acceptors (Lipinski definition) is 2. The lowest BCUT2D eigenvalue weighted by Crippen LogP contribution is -2.18. The molecule has 1 aliphatic heterocycles. The highest BCUT2D eigenvalue weighted by atomic mass is 16.5. The fraction of sp³-hybridized carbons (Fsp3) is 0.429. The van der Waals surface area contributed by atoms with Crippen molar-refractivity contribution in [3.8, 4) is 0 Å². The van der Waals surface area contributed by atoms with E-state index in [0.29, 0.717) is 0 Å². The number of rotatable bonds is 2. The summed E-state index contributed by atoms with van der Waals surface area (Å²) in [5.41, 5.74) is 11.3. The third-order valence-corrected chi connectivity index (χ3v) is 3.21. The van der Waals surface area contributed by atoms with Crippen molar-refractivity contribution in [1.82, 2.24) is 0 Å². The van der Waals surface area contributed by atoms with E-state index in [9.17, 15) is 0 Å². The monoisotopic (exact) mass is 217 g/mol. The summed E-state index contributed by atoms with van der Waals surface area (Å²) in [5, 5.41) is 0. The minimum absolute atomic E-state index is 0.0125. The third-order valence-electron chi connectivity index (χ3n) is 3.21. The summed E-state index contributed by atoms with van der Waals surface area (Å²) in [6.45, 7) is 5.06. The Balaban J connectivity index is 2.33. The van der Waals surface area contributed by atoms with Crippen molar-refractivity contribution in [3.63, 3.8) is 0 Å². The zero-order chi connectivity index (χ0) is 11.5. The molecule has 0 aliphatic carbocycles. The Morgan fingerprint density at radius 3 is 2.50 bits per heavy atom. The standard InChI is InChI=1S/C14H19NO/c1-10-5-3-6-11(2)13(10)14(15)12-7-4-8-16-9-12/h3,5-6,9,14H,4,7-8,15H2,1-2H3. The highest BCUT2D eigenvalue weighted by Gasteiger charge is 2.18. The van der Waals surface area contributed by atoms with E-state index in [1.54, 1.807) is 0 Å². The van der Waals surface area contributed by atoms with Crippen LogP contribution in [-0.4, -0.2) is 6.61 Å². The average molecular weight is 217 g/mol. The normalized spacial score (nSPS) is 17.6. The number of ether oxygens (including phenoxy) is 1. The SMILES string of the molecule is Cc1cccc(C)c1C(N)C1=COCCC1. The highest BCUT2D eigenvalue weighted by molar-refractivity contribution is 5.40. The van der Waals surface area contributed by atoms with Crippen molar-refractivity contribution in [3.05, 3.63) is 46.7 Å². The smallest absolute Gasteiger partial charge is 0.0876 e. The molecule has 0 radical (unpaired) electrons. The van der Waals surface area contributed by atoms with Gasteiger partial charge in [0.05, 0.1) is 18.9 Å². The van der Waals surface area contributed by atoms with Gasteiger partial charge in [0, 0.05) is 0 Å². The summed E-state index contributed by atoms with van der Waals surface area (Å²) >= 11 is 0. The van der Waals surface area contributed by atoms with Crippen molar-refractivity contribution >= 4 is 0 Å². The van der Waals surface area contributed by atoms with Gasteiger partial charge in [-0.2, -0.15) is 0 Å². The summed E-state index contributed by atoms with van der Waals surface area (Å²) < 4.78 is 5.36. The molecule has 1 aromatic rings. The largest absolute Gasteiger partial charge is 0.501 e. The quantitative estimate of drug-likeness (QED) is 0.826. The maximum atomic E-state index is 6.32. The number of hydrogen-bond donors (Lipinski definition) is 1. The van der Waals surface area contributed by atoms with Gasteiger partial charge in [0.2, 0.25) is 0 Å². The van der Waals surface area contributed by atoms with Gasteiger partial charge in [-0.25, -0.2) is 0 Å². The zero-order valence-corrected chi connectivity index (χ0v) is 9.99. The van der Waals surface area contributed by atoms with E-state index in [4.69, 9.17) is 10.5 Å². The lowest BCUT2D eigenvalue weighted by molar-refractivity contribution is 0.221. The second-order valence-corrected chi connectivity index (χ2v) is 4.45. The van der Waals surface area contributed by atoms with E-state index in [1.807, 2.05) is 6.26 Å². The maximum Gasteiger partial charge on any atom is 0.0876 e. The van der Waals surface area contributed by atoms with Crippen LogP contribution in [0.2, 0.25) is 0 Å². The van der Waals surface area contributed by atoms with E-state index in [-0.39, 0.29) is 6.04 Å². The van der Waals surface area contributed by atoms with Crippen LogP contribution in [0.3, 0.4) is 0 Å². The van der Waals surface area contributed by atoms with Gasteiger partial charge in [0.1, 0.15) is 0 Å². The van der Waals surface area contributed by atoms with Crippen molar-refractivity contribution in [2.24, 2.45) is 5.73 Å². The van der Waals surface area contributed by atoms with Crippen molar-refractivity contribution in [1.29, 1.82) is 0 Å². The molecule has 0 amide bonds. The molecule has 2 nitrogen and oxygen atoms in total. The van der Waals surface area contributed by atoms with Crippen molar-refractivity contribution in [2.75, 3.05) is 6.61 Å². The van der Waals surface area contributed by atoms with Crippen LogP contribution < -0.4 is 5.73 Å². The maximum absolute atomic E-state index is 6.32. The van der Waals surface area contributed by atoms with E-state index in [1.165, 1.54) is 22.3 Å². The Bertz CT molecular complexity index is 389. The molecule has 0 saturated carbocycles. The van der Waals surface area contributed by atoms with E-state index in [2.05, 4.69) is 32.0 Å². The van der Waals surface area contributed by atoms with Crippen LogP contribution >= 0.6 is 0 Å². The van der Waals surface area contributed by atoms with E-state index < -0.39 is 0 Å². The van der Waals surface area contributed by atoms with Gasteiger partial charge < -0.3 is 10.5 Å². The molecule has 0 bridgehead atoms. The minimum Gasteiger partial charge on any atom is -0.501 e. The summed E-state index contributed by atoms with van der Waals surface area (Å²) in [7, 11) is 0. The molecule has 86 valence electrons. The molecule has 0 aromatic heterocycles. The predicted octanol–water partition coefficient (Wildman–Crippen LogP) is 3.00. The van der Waals surface area contributed by atoms with Crippen LogP contribution in [0.25, 0.3) is 0 Å². The first-order chi connectivity index (χ1) is 7.70. The Kier molecular flexibility index (Phi) is 3.30. The molecule has 1 heterocycles. The molecular weight excluding hydrogens is 198 g/mol. The molecule has 0 saturated heterocycles. The van der Waals surface area contributed by atoms with Gasteiger partial charge in [-0.15, -0.1) is 0 Å². The van der Waals surface area contributed by atoms with Gasteiger partial charge in [0.15, 0.2) is 0 Å². The topological polar surface area (TPSA) is 35.2 Å². The van der Waals surface area contributed by atoms with Crippen molar-refractivity contribution in [2.45, 2.75) is 32.7 Å². The molecule has 0 fully saturated rings. The lowest BCUT2D eigenvalue weighted by atomic mass is 9.90. The lowest BCUT2D eigenvalue weighted by Gasteiger charge is -2.23. The molecule has 2 N–H and O–H groups in total. The second kappa shape index (κ2) is 4.71. The van der Waals surface area contributed by atoms with Gasteiger partial charge in [0.25, 0.3) is 0 Å². The fourth-order valence-electron chi connectivity index (χ4n) is 2.32. The Morgan fingerprint density at radius 2 is 1.94 bits per heavy atom. The van der Waals surface area contributed by atoms with Gasteiger partial charge in [-0.1, -0.05) is 18.2 Å². The van der Waals surface area contributed by atoms with Gasteiger partial charge >= 0.3 is 0 Å². The molecule has 16 heavy (non-hydrogen) atoms. The zero-order valence-electron chi connectivity index (χ0n) is 9.99. The Hall–Kier alpha value is -1.28. The van der Waals surface area contributed by atoms with Crippen LogP contribution in [0, 0.1) is 13.8 Å². The molecule has 1 atom stereocenters. The molecule has 1 aliphatic rings. The van der Waals surface area contributed by atoms with Crippen LogP contribution in [0.5, 0.6) is 0 Å². The fourth-order valence-corrected chi connectivity index (χ4v) is 2.32. The van der Waals surface area contributed by atoms with Crippen LogP contribution in [0.1, 0.15) is 35.6 Å². The third kappa shape index (κ3) is 2.12. The minimum atomic E-state index is -0.0125. The van der Waals surface area contributed by atoms with Crippen LogP contribution in [-0.2, 0) is 4.74 Å².